The molecule has 2 atom stereocenters. The molecule has 0 radical (unpaired) electrons. The molecule has 88 valence electrons. The maximum absolute atomic E-state index is 13.0. The highest BCUT2D eigenvalue weighted by atomic mass is 32.2. The summed E-state index contributed by atoms with van der Waals surface area (Å²) in [7, 11) is 0. The summed E-state index contributed by atoms with van der Waals surface area (Å²) >= 11 is 1.60. The number of thioether (sulfide) groups is 1. The van der Waals surface area contributed by atoms with Crippen LogP contribution in [0.1, 0.15) is 24.3 Å². The van der Waals surface area contributed by atoms with Crippen LogP contribution in [0.15, 0.2) is 12.1 Å². The average Bonchev–Trinajstić information content (AvgIpc) is 2.25. The summed E-state index contributed by atoms with van der Waals surface area (Å²) in [6.45, 7) is 2.87. The van der Waals surface area contributed by atoms with Gasteiger partial charge in [-0.3, -0.25) is 0 Å². The van der Waals surface area contributed by atoms with E-state index in [9.17, 15) is 13.2 Å². The molecule has 1 heterocycles. The molecule has 1 aliphatic heterocycles. The Morgan fingerprint density at radius 1 is 1.25 bits per heavy atom. The van der Waals surface area contributed by atoms with Gasteiger partial charge in [-0.2, -0.15) is 0 Å². The maximum atomic E-state index is 13.0. The molecule has 1 saturated heterocycles. The number of halogens is 3. The van der Waals surface area contributed by atoms with E-state index in [-0.39, 0.29) is 5.37 Å². The molecule has 16 heavy (non-hydrogen) atoms. The molecular weight excluding hydrogens is 235 g/mol. The van der Waals surface area contributed by atoms with E-state index in [4.69, 9.17) is 0 Å². The van der Waals surface area contributed by atoms with Crippen LogP contribution in [0.2, 0.25) is 0 Å². The number of hydrogen-bond donors (Lipinski definition) is 1. The number of rotatable bonds is 1. The molecule has 2 unspecified atom stereocenters. The van der Waals surface area contributed by atoms with E-state index in [1.54, 1.807) is 11.8 Å². The van der Waals surface area contributed by atoms with Crippen LogP contribution in [-0.4, -0.2) is 11.8 Å². The SMILES string of the molecule is CC1CCNC(c2cc(F)c(F)c(F)c2)S1. The predicted octanol–water partition coefficient (Wildman–Crippen LogP) is 3.22. The molecule has 1 aromatic rings. The Bertz CT molecular complexity index is 374. The van der Waals surface area contributed by atoms with E-state index in [1.165, 1.54) is 0 Å². The molecule has 1 fully saturated rings. The number of nitrogens with one attached hydrogen (secondary N) is 1. The molecule has 2 rings (SSSR count). The standard InChI is InChI=1S/C11H12F3NS/c1-6-2-3-15-11(16-6)7-4-8(12)10(14)9(13)5-7/h4-6,11,15H,2-3H2,1H3. The molecular formula is C11H12F3NS. The van der Waals surface area contributed by atoms with Gasteiger partial charge in [0.1, 0.15) is 0 Å². The minimum absolute atomic E-state index is 0.159. The Morgan fingerprint density at radius 3 is 2.44 bits per heavy atom. The summed E-state index contributed by atoms with van der Waals surface area (Å²) in [6.07, 6.45) is 1.02. The maximum Gasteiger partial charge on any atom is 0.194 e. The van der Waals surface area contributed by atoms with Gasteiger partial charge in [-0.1, -0.05) is 6.92 Å². The second-order valence-electron chi connectivity index (χ2n) is 3.87. The number of benzene rings is 1. The van der Waals surface area contributed by atoms with Gasteiger partial charge >= 0.3 is 0 Å². The zero-order chi connectivity index (χ0) is 11.7. The summed E-state index contributed by atoms with van der Waals surface area (Å²) in [4.78, 5) is 0. The third-order valence-electron chi connectivity index (χ3n) is 2.56. The van der Waals surface area contributed by atoms with Gasteiger partial charge in [0.25, 0.3) is 0 Å². The third-order valence-corrected chi connectivity index (χ3v) is 3.97. The quantitative estimate of drug-likeness (QED) is 0.765. The number of hydrogen-bond acceptors (Lipinski definition) is 2. The first-order chi connectivity index (χ1) is 7.58. The summed E-state index contributed by atoms with van der Waals surface area (Å²) in [6, 6.07) is 2.11. The van der Waals surface area contributed by atoms with Crippen LogP contribution in [0, 0.1) is 17.5 Å². The fourth-order valence-electron chi connectivity index (χ4n) is 1.69. The van der Waals surface area contributed by atoms with Crippen molar-refractivity contribution in [1.29, 1.82) is 0 Å². The minimum atomic E-state index is -1.40. The smallest absolute Gasteiger partial charge is 0.194 e. The van der Waals surface area contributed by atoms with E-state index in [0.29, 0.717) is 10.8 Å². The summed E-state index contributed by atoms with van der Waals surface area (Å²) < 4.78 is 38.9. The first-order valence-electron chi connectivity index (χ1n) is 5.11. The summed E-state index contributed by atoms with van der Waals surface area (Å²) in [5.74, 6) is -3.66. The average molecular weight is 247 g/mol. The van der Waals surface area contributed by atoms with Crippen LogP contribution >= 0.6 is 11.8 Å². The van der Waals surface area contributed by atoms with Crippen LogP contribution in [0.4, 0.5) is 13.2 Å². The van der Waals surface area contributed by atoms with Gasteiger partial charge in [0.15, 0.2) is 17.5 Å². The van der Waals surface area contributed by atoms with Crippen molar-refractivity contribution in [2.75, 3.05) is 6.54 Å². The zero-order valence-corrected chi connectivity index (χ0v) is 9.58. The van der Waals surface area contributed by atoms with Crippen molar-refractivity contribution in [3.05, 3.63) is 35.1 Å². The van der Waals surface area contributed by atoms with E-state index >= 15 is 0 Å². The molecule has 0 amide bonds. The second kappa shape index (κ2) is 4.67. The van der Waals surface area contributed by atoms with Crippen LogP contribution in [-0.2, 0) is 0 Å². The lowest BCUT2D eigenvalue weighted by molar-refractivity contribution is 0.443. The van der Waals surface area contributed by atoms with Crippen LogP contribution < -0.4 is 5.32 Å². The zero-order valence-electron chi connectivity index (χ0n) is 8.77. The van der Waals surface area contributed by atoms with Gasteiger partial charge in [0.2, 0.25) is 0 Å². The Morgan fingerprint density at radius 2 is 1.88 bits per heavy atom. The summed E-state index contributed by atoms with van der Waals surface area (Å²) in [5, 5.41) is 3.42. The lowest BCUT2D eigenvalue weighted by Crippen LogP contribution is -2.29. The van der Waals surface area contributed by atoms with Crippen LogP contribution in [0.3, 0.4) is 0 Å². The van der Waals surface area contributed by atoms with Crippen molar-refractivity contribution in [2.45, 2.75) is 24.0 Å². The summed E-state index contributed by atoms with van der Waals surface area (Å²) in [5.41, 5.74) is 0.452. The normalized spacial score (nSPS) is 25.8. The molecule has 1 nitrogen and oxygen atoms in total. The molecule has 0 aromatic heterocycles. The van der Waals surface area contributed by atoms with Gasteiger partial charge in [-0.05, 0) is 30.7 Å². The second-order valence-corrected chi connectivity index (χ2v) is 5.42. The molecule has 5 heteroatoms. The van der Waals surface area contributed by atoms with Gasteiger partial charge in [0, 0.05) is 5.25 Å². The molecule has 1 aromatic carbocycles. The molecule has 0 spiro atoms. The molecule has 0 bridgehead atoms. The fourth-order valence-corrected chi connectivity index (χ4v) is 2.91. The monoisotopic (exact) mass is 247 g/mol. The van der Waals surface area contributed by atoms with E-state index < -0.39 is 17.5 Å². The Kier molecular flexibility index (Phi) is 3.44. The highest BCUT2D eigenvalue weighted by Gasteiger charge is 2.22. The Balaban J connectivity index is 2.26. The van der Waals surface area contributed by atoms with Crippen molar-refractivity contribution in [3.63, 3.8) is 0 Å². The van der Waals surface area contributed by atoms with Crippen LogP contribution in [0.5, 0.6) is 0 Å². The van der Waals surface area contributed by atoms with Crippen LogP contribution in [0.25, 0.3) is 0 Å². The largest absolute Gasteiger partial charge is 0.302 e. The van der Waals surface area contributed by atoms with E-state index in [1.807, 2.05) is 0 Å². The van der Waals surface area contributed by atoms with Gasteiger partial charge in [0.05, 0.1) is 5.37 Å². The Labute approximate surface area is 96.4 Å². The lowest BCUT2D eigenvalue weighted by Gasteiger charge is -2.28. The first kappa shape index (κ1) is 11.8. The molecule has 0 aliphatic carbocycles. The highest BCUT2D eigenvalue weighted by molar-refractivity contribution is 8.00. The molecule has 1 N–H and O–H groups in total. The highest BCUT2D eigenvalue weighted by Crippen LogP contribution is 2.35. The molecule has 1 aliphatic rings. The predicted molar refractivity (Wildman–Crippen MR) is 58.7 cm³/mol. The van der Waals surface area contributed by atoms with Crippen molar-refractivity contribution in [1.82, 2.24) is 5.32 Å². The molecule has 0 saturated carbocycles. The van der Waals surface area contributed by atoms with Gasteiger partial charge in [-0.25, -0.2) is 13.2 Å². The minimum Gasteiger partial charge on any atom is -0.302 e. The fraction of sp³-hybridized carbons (Fsp3) is 0.455. The van der Waals surface area contributed by atoms with Gasteiger partial charge < -0.3 is 5.32 Å². The van der Waals surface area contributed by atoms with Crippen molar-refractivity contribution in [2.24, 2.45) is 0 Å². The van der Waals surface area contributed by atoms with E-state index in [2.05, 4.69) is 12.2 Å². The van der Waals surface area contributed by atoms with Crippen molar-refractivity contribution >= 4 is 11.8 Å². The third kappa shape index (κ3) is 2.35. The van der Waals surface area contributed by atoms with Crippen molar-refractivity contribution in [3.8, 4) is 0 Å². The van der Waals surface area contributed by atoms with E-state index in [0.717, 1.165) is 25.1 Å². The van der Waals surface area contributed by atoms with Gasteiger partial charge in [-0.15, -0.1) is 11.8 Å². The van der Waals surface area contributed by atoms with Crippen molar-refractivity contribution < 1.29 is 13.2 Å². The first-order valence-corrected chi connectivity index (χ1v) is 6.05. The topological polar surface area (TPSA) is 12.0 Å². The Hall–Kier alpha value is -0.680. The lowest BCUT2D eigenvalue weighted by atomic mass is 10.2.